The summed E-state index contributed by atoms with van der Waals surface area (Å²) in [5.41, 5.74) is 2.27. The lowest BCUT2D eigenvalue weighted by atomic mass is 10.0. The standard InChI is InChI=1S/C20H16N4O3/c25-15-7-5-14(6-8-15)19(26)11-17-16-3-1-2-4-18(16)24(20(17)27)10-9-23-13-21-12-22-23/h1-8,11-13,25H,9-10H2/b17-11-. The first kappa shape index (κ1) is 16.7. The highest BCUT2D eigenvalue weighted by atomic mass is 16.3. The fourth-order valence-electron chi connectivity index (χ4n) is 3.06. The van der Waals surface area contributed by atoms with Crippen molar-refractivity contribution in [3.05, 3.63) is 78.4 Å². The lowest BCUT2D eigenvalue weighted by Crippen LogP contribution is -2.30. The number of nitrogens with zero attached hydrogens (tertiary/aromatic N) is 4. The maximum absolute atomic E-state index is 13.0. The smallest absolute Gasteiger partial charge is 0.259 e. The summed E-state index contributed by atoms with van der Waals surface area (Å²) in [5.74, 6) is -0.421. The molecule has 7 heteroatoms. The average Bonchev–Trinajstić information content (AvgIpc) is 3.28. The lowest BCUT2D eigenvalue weighted by Gasteiger charge is -2.16. The van der Waals surface area contributed by atoms with Crippen molar-refractivity contribution in [2.24, 2.45) is 0 Å². The third-order valence-electron chi connectivity index (χ3n) is 4.41. The first-order valence-electron chi connectivity index (χ1n) is 8.42. The summed E-state index contributed by atoms with van der Waals surface area (Å²) in [6, 6.07) is 13.3. The Hall–Kier alpha value is -3.74. The Morgan fingerprint density at radius 3 is 2.59 bits per heavy atom. The van der Waals surface area contributed by atoms with Crippen LogP contribution in [-0.4, -0.2) is 38.1 Å². The number of allylic oxidation sites excluding steroid dienone is 1. The van der Waals surface area contributed by atoms with Crippen molar-refractivity contribution < 1.29 is 14.7 Å². The van der Waals surface area contributed by atoms with Crippen molar-refractivity contribution in [2.45, 2.75) is 6.54 Å². The normalized spacial score (nSPS) is 14.6. The minimum absolute atomic E-state index is 0.0841. The molecule has 2 aromatic carbocycles. The number of rotatable bonds is 5. The molecular formula is C20H16N4O3. The fourth-order valence-corrected chi connectivity index (χ4v) is 3.06. The Morgan fingerprint density at radius 1 is 1.07 bits per heavy atom. The van der Waals surface area contributed by atoms with Crippen molar-refractivity contribution in [1.82, 2.24) is 14.8 Å². The van der Waals surface area contributed by atoms with Gasteiger partial charge in [-0.3, -0.25) is 14.3 Å². The van der Waals surface area contributed by atoms with Gasteiger partial charge in [0.2, 0.25) is 0 Å². The van der Waals surface area contributed by atoms with Gasteiger partial charge in [0, 0.05) is 17.7 Å². The maximum atomic E-state index is 13.0. The SMILES string of the molecule is O=C(/C=C1\C(=O)N(CCn2cncn2)c2ccccc21)c1ccc(O)cc1. The van der Waals surface area contributed by atoms with Gasteiger partial charge in [0.25, 0.3) is 5.91 Å². The molecule has 0 aliphatic carbocycles. The topological polar surface area (TPSA) is 88.3 Å². The molecule has 1 N–H and O–H groups in total. The molecule has 0 unspecified atom stereocenters. The molecule has 1 aliphatic heterocycles. The van der Waals surface area contributed by atoms with E-state index < -0.39 is 0 Å². The van der Waals surface area contributed by atoms with Gasteiger partial charge in [-0.15, -0.1) is 0 Å². The van der Waals surface area contributed by atoms with E-state index in [0.717, 1.165) is 11.3 Å². The molecule has 1 amide bonds. The van der Waals surface area contributed by atoms with Crippen LogP contribution in [0.15, 0.2) is 67.3 Å². The van der Waals surface area contributed by atoms with Gasteiger partial charge in [-0.05, 0) is 36.4 Å². The van der Waals surface area contributed by atoms with Gasteiger partial charge in [-0.1, -0.05) is 18.2 Å². The van der Waals surface area contributed by atoms with E-state index in [2.05, 4.69) is 10.1 Å². The minimum Gasteiger partial charge on any atom is -0.508 e. The molecule has 0 saturated carbocycles. The molecule has 0 spiro atoms. The Kier molecular flexibility index (Phi) is 4.25. The van der Waals surface area contributed by atoms with Crippen LogP contribution in [0.2, 0.25) is 0 Å². The van der Waals surface area contributed by atoms with E-state index >= 15 is 0 Å². The van der Waals surface area contributed by atoms with Gasteiger partial charge in [0.05, 0.1) is 17.8 Å². The molecule has 4 rings (SSSR count). The molecule has 1 aliphatic rings. The second kappa shape index (κ2) is 6.87. The number of para-hydroxylation sites is 1. The van der Waals surface area contributed by atoms with Crippen LogP contribution in [0.4, 0.5) is 5.69 Å². The quantitative estimate of drug-likeness (QED) is 0.557. The van der Waals surface area contributed by atoms with Crippen LogP contribution in [0.25, 0.3) is 5.57 Å². The van der Waals surface area contributed by atoms with Crippen LogP contribution >= 0.6 is 0 Å². The van der Waals surface area contributed by atoms with Gasteiger partial charge >= 0.3 is 0 Å². The Morgan fingerprint density at radius 2 is 1.85 bits per heavy atom. The van der Waals surface area contributed by atoms with Gasteiger partial charge in [-0.2, -0.15) is 5.10 Å². The average molecular weight is 360 g/mol. The van der Waals surface area contributed by atoms with E-state index in [1.54, 1.807) is 15.9 Å². The Balaban J connectivity index is 1.64. The number of carbonyl (C=O) groups is 2. The molecule has 1 aromatic heterocycles. The molecule has 2 heterocycles. The minimum atomic E-state index is -0.286. The molecule has 0 saturated heterocycles. The number of amides is 1. The highest BCUT2D eigenvalue weighted by Gasteiger charge is 2.32. The number of anilines is 1. The zero-order chi connectivity index (χ0) is 18.8. The van der Waals surface area contributed by atoms with E-state index in [1.807, 2.05) is 24.3 Å². The monoisotopic (exact) mass is 360 g/mol. The van der Waals surface area contributed by atoms with Crippen LogP contribution in [0.1, 0.15) is 15.9 Å². The number of phenols is 1. The van der Waals surface area contributed by atoms with E-state index in [0.29, 0.717) is 24.2 Å². The zero-order valence-electron chi connectivity index (χ0n) is 14.3. The molecule has 0 bridgehead atoms. The van der Waals surface area contributed by atoms with E-state index in [1.165, 1.54) is 36.7 Å². The summed E-state index contributed by atoms with van der Waals surface area (Å²) in [6.07, 6.45) is 4.40. The zero-order valence-corrected chi connectivity index (χ0v) is 14.3. The first-order chi connectivity index (χ1) is 13.1. The van der Waals surface area contributed by atoms with Gasteiger partial charge in [0.1, 0.15) is 18.4 Å². The molecule has 3 aromatic rings. The summed E-state index contributed by atoms with van der Waals surface area (Å²) in [7, 11) is 0. The maximum Gasteiger partial charge on any atom is 0.259 e. The number of hydrogen-bond acceptors (Lipinski definition) is 5. The molecule has 27 heavy (non-hydrogen) atoms. The van der Waals surface area contributed by atoms with Crippen molar-refractivity contribution in [1.29, 1.82) is 0 Å². The number of aromatic hydroxyl groups is 1. The highest BCUT2D eigenvalue weighted by Crippen LogP contribution is 2.36. The van der Waals surface area contributed by atoms with Gasteiger partial charge in [-0.25, -0.2) is 4.98 Å². The fraction of sp³-hybridized carbons (Fsp3) is 0.100. The number of phenolic OH excluding ortho intramolecular Hbond substituents is 1. The van der Waals surface area contributed by atoms with E-state index in [-0.39, 0.29) is 17.4 Å². The predicted molar refractivity (Wildman–Crippen MR) is 99.2 cm³/mol. The van der Waals surface area contributed by atoms with Crippen molar-refractivity contribution in [3.63, 3.8) is 0 Å². The number of hydrogen-bond donors (Lipinski definition) is 1. The second-order valence-corrected chi connectivity index (χ2v) is 6.10. The molecule has 0 atom stereocenters. The predicted octanol–water partition coefficient (Wildman–Crippen LogP) is 2.30. The van der Waals surface area contributed by atoms with Gasteiger partial charge < -0.3 is 10.0 Å². The Bertz CT molecular complexity index is 1020. The summed E-state index contributed by atoms with van der Waals surface area (Å²) in [4.78, 5) is 31.1. The molecular weight excluding hydrogens is 344 g/mol. The molecule has 7 nitrogen and oxygen atoms in total. The van der Waals surface area contributed by atoms with Crippen molar-refractivity contribution in [2.75, 3.05) is 11.4 Å². The number of carbonyl (C=O) groups excluding carboxylic acids is 2. The third-order valence-corrected chi connectivity index (χ3v) is 4.41. The highest BCUT2D eigenvalue weighted by molar-refractivity contribution is 6.35. The van der Waals surface area contributed by atoms with Crippen LogP contribution in [0.5, 0.6) is 5.75 Å². The summed E-state index contributed by atoms with van der Waals surface area (Å²) in [5, 5.41) is 13.4. The lowest BCUT2D eigenvalue weighted by molar-refractivity contribution is -0.113. The van der Waals surface area contributed by atoms with Crippen molar-refractivity contribution in [3.8, 4) is 5.75 Å². The summed E-state index contributed by atoms with van der Waals surface area (Å²) >= 11 is 0. The first-order valence-corrected chi connectivity index (χ1v) is 8.42. The van der Waals surface area contributed by atoms with E-state index in [4.69, 9.17) is 0 Å². The van der Waals surface area contributed by atoms with Crippen LogP contribution in [0, 0.1) is 0 Å². The number of ketones is 1. The summed E-state index contributed by atoms with van der Waals surface area (Å²) < 4.78 is 1.65. The number of fused-ring (bicyclic) bond motifs is 1. The number of aromatic nitrogens is 3. The van der Waals surface area contributed by atoms with Crippen LogP contribution in [0.3, 0.4) is 0 Å². The largest absolute Gasteiger partial charge is 0.508 e. The summed E-state index contributed by atoms with van der Waals surface area (Å²) in [6.45, 7) is 0.920. The molecule has 0 radical (unpaired) electrons. The second-order valence-electron chi connectivity index (χ2n) is 6.10. The molecule has 0 fully saturated rings. The number of benzene rings is 2. The van der Waals surface area contributed by atoms with Crippen LogP contribution in [-0.2, 0) is 11.3 Å². The van der Waals surface area contributed by atoms with E-state index in [9.17, 15) is 14.7 Å². The Labute approximate surface area is 155 Å². The third kappa shape index (κ3) is 3.22. The van der Waals surface area contributed by atoms with Crippen molar-refractivity contribution >= 4 is 23.0 Å². The van der Waals surface area contributed by atoms with Crippen LogP contribution < -0.4 is 4.90 Å². The molecule has 134 valence electrons. The van der Waals surface area contributed by atoms with Gasteiger partial charge in [0.15, 0.2) is 5.78 Å².